The molecule has 3 N–H and O–H groups in total. The zero-order chi connectivity index (χ0) is 15.1. The molecule has 1 aliphatic carbocycles. The molecule has 2 amide bonds. The average Bonchev–Trinajstić information content (AvgIpc) is 2.43. The van der Waals surface area contributed by atoms with E-state index in [9.17, 15) is 9.59 Å². The van der Waals surface area contributed by atoms with E-state index in [0.29, 0.717) is 24.9 Å². The van der Waals surface area contributed by atoms with E-state index in [1.807, 2.05) is 6.92 Å². The SMILES string of the molecule is CNC(=O)C(C)CN(C)C(=O)CCC1CCCC(N)C1. The van der Waals surface area contributed by atoms with Gasteiger partial charge in [-0.25, -0.2) is 0 Å². The number of nitrogens with one attached hydrogen (secondary N) is 1. The van der Waals surface area contributed by atoms with E-state index >= 15 is 0 Å². The van der Waals surface area contributed by atoms with Crippen LogP contribution in [-0.2, 0) is 9.59 Å². The van der Waals surface area contributed by atoms with Crippen LogP contribution in [0.4, 0.5) is 0 Å². The van der Waals surface area contributed by atoms with Crippen LogP contribution in [0.3, 0.4) is 0 Å². The summed E-state index contributed by atoms with van der Waals surface area (Å²) >= 11 is 0. The second-order valence-corrected chi connectivity index (χ2v) is 6.12. The monoisotopic (exact) mass is 283 g/mol. The van der Waals surface area contributed by atoms with E-state index in [1.165, 1.54) is 12.8 Å². The summed E-state index contributed by atoms with van der Waals surface area (Å²) < 4.78 is 0. The van der Waals surface area contributed by atoms with E-state index in [-0.39, 0.29) is 17.7 Å². The molecule has 0 heterocycles. The number of nitrogens with zero attached hydrogens (tertiary/aromatic N) is 1. The average molecular weight is 283 g/mol. The molecule has 1 aliphatic rings. The third kappa shape index (κ3) is 5.49. The van der Waals surface area contributed by atoms with Gasteiger partial charge >= 0.3 is 0 Å². The third-order valence-electron chi connectivity index (χ3n) is 4.26. The van der Waals surface area contributed by atoms with Crippen molar-refractivity contribution in [2.45, 2.75) is 51.5 Å². The standard InChI is InChI=1S/C15H29N3O2/c1-11(15(20)17-2)10-18(3)14(19)8-7-12-5-4-6-13(16)9-12/h11-13H,4-10,16H2,1-3H3,(H,17,20). The number of hydrogen-bond acceptors (Lipinski definition) is 3. The van der Waals surface area contributed by atoms with Gasteiger partial charge in [0, 0.05) is 33.1 Å². The largest absolute Gasteiger partial charge is 0.359 e. The number of carbonyl (C=O) groups is 2. The Morgan fingerprint density at radius 3 is 2.70 bits per heavy atom. The topological polar surface area (TPSA) is 75.4 Å². The summed E-state index contributed by atoms with van der Waals surface area (Å²) in [7, 11) is 3.39. The van der Waals surface area contributed by atoms with Gasteiger partial charge in [0.25, 0.3) is 0 Å². The first-order chi connectivity index (χ1) is 9.43. The fourth-order valence-corrected chi connectivity index (χ4v) is 2.96. The highest BCUT2D eigenvalue weighted by Crippen LogP contribution is 2.27. The van der Waals surface area contributed by atoms with Gasteiger partial charge in [-0.05, 0) is 25.2 Å². The van der Waals surface area contributed by atoms with E-state index in [4.69, 9.17) is 5.73 Å². The third-order valence-corrected chi connectivity index (χ3v) is 4.26. The number of hydrogen-bond donors (Lipinski definition) is 2. The van der Waals surface area contributed by atoms with Crippen molar-refractivity contribution in [1.29, 1.82) is 0 Å². The van der Waals surface area contributed by atoms with E-state index in [1.54, 1.807) is 19.0 Å². The van der Waals surface area contributed by atoms with Gasteiger partial charge in [-0.3, -0.25) is 9.59 Å². The van der Waals surface area contributed by atoms with Crippen molar-refractivity contribution < 1.29 is 9.59 Å². The molecule has 3 unspecified atom stereocenters. The highest BCUT2D eigenvalue weighted by molar-refractivity contribution is 5.80. The summed E-state index contributed by atoms with van der Waals surface area (Å²) in [5.41, 5.74) is 5.97. The maximum Gasteiger partial charge on any atom is 0.224 e. The molecule has 0 aromatic carbocycles. The summed E-state index contributed by atoms with van der Waals surface area (Å²) in [6.07, 6.45) is 6.03. The molecule has 0 aliphatic heterocycles. The fourth-order valence-electron chi connectivity index (χ4n) is 2.96. The van der Waals surface area contributed by atoms with Gasteiger partial charge in [-0.1, -0.05) is 19.8 Å². The Morgan fingerprint density at radius 1 is 1.40 bits per heavy atom. The molecule has 0 saturated heterocycles. The maximum atomic E-state index is 12.1. The molecule has 5 heteroatoms. The Labute approximate surface area is 122 Å². The molecular formula is C15H29N3O2. The lowest BCUT2D eigenvalue weighted by Gasteiger charge is -2.27. The molecule has 1 rings (SSSR count). The van der Waals surface area contributed by atoms with Crippen LogP contribution >= 0.6 is 0 Å². The van der Waals surface area contributed by atoms with Gasteiger partial charge in [0.1, 0.15) is 0 Å². The zero-order valence-electron chi connectivity index (χ0n) is 13.0. The van der Waals surface area contributed by atoms with Gasteiger partial charge in [0.15, 0.2) is 0 Å². The first-order valence-electron chi connectivity index (χ1n) is 7.65. The lowest BCUT2D eigenvalue weighted by molar-refractivity contribution is -0.132. The first kappa shape index (κ1) is 17.0. The Morgan fingerprint density at radius 2 is 2.10 bits per heavy atom. The van der Waals surface area contributed by atoms with Gasteiger partial charge < -0.3 is 16.0 Å². The van der Waals surface area contributed by atoms with E-state index in [0.717, 1.165) is 19.3 Å². The van der Waals surface area contributed by atoms with Gasteiger partial charge in [-0.15, -0.1) is 0 Å². The Hall–Kier alpha value is -1.10. The lowest BCUT2D eigenvalue weighted by Crippen LogP contribution is -2.37. The molecule has 0 radical (unpaired) electrons. The Bertz CT molecular complexity index is 333. The molecular weight excluding hydrogens is 254 g/mol. The van der Waals surface area contributed by atoms with Crippen molar-refractivity contribution in [1.82, 2.24) is 10.2 Å². The van der Waals surface area contributed by atoms with E-state index < -0.39 is 0 Å². The minimum absolute atomic E-state index is 0.0251. The van der Waals surface area contributed by atoms with Crippen molar-refractivity contribution in [2.24, 2.45) is 17.6 Å². The molecule has 0 bridgehead atoms. The number of nitrogens with two attached hydrogens (primary N) is 1. The molecule has 20 heavy (non-hydrogen) atoms. The first-order valence-corrected chi connectivity index (χ1v) is 7.65. The lowest BCUT2D eigenvalue weighted by atomic mass is 9.83. The predicted octanol–water partition coefficient (Wildman–Crippen LogP) is 1.12. The second kappa shape index (κ2) is 8.25. The van der Waals surface area contributed by atoms with Crippen LogP contribution in [0.5, 0.6) is 0 Å². The van der Waals surface area contributed by atoms with Gasteiger partial charge in [0.2, 0.25) is 11.8 Å². The molecule has 0 aromatic rings. The summed E-state index contributed by atoms with van der Waals surface area (Å²) in [6, 6.07) is 0.315. The quantitative estimate of drug-likeness (QED) is 0.767. The highest BCUT2D eigenvalue weighted by Gasteiger charge is 2.22. The van der Waals surface area contributed by atoms with E-state index in [2.05, 4.69) is 5.32 Å². The summed E-state index contributed by atoms with van der Waals surface area (Å²) in [5, 5.41) is 2.61. The minimum Gasteiger partial charge on any atom is -0.359 e. The van der Waals surface area contributed by atoms with Crippen LogP contribution in [0.2, 0.25) is 0 Å². The zero-order valence-corrected chi connectivity index (χ0v) is 13.0. The van der Waals surface area contributed by atoms with Crippen LogP contribution in [0, 0.1) is 11.8 Å². The second-order valence-electron chi connectivity index (χ2n) is 6.12. The number of rotatable bonds is 6. The normalized spacial score (nSPS) is 24.0. The molecule has 1 fully saturated rings. The van der Waals surface area contributed by atoms with Gasteiger partial charge in [0.05, 0.1) is 5.92 Å². The van der Waals surface area contributed by atoms with Crippen LogP contribution in [0.15, 0.2) is 0 Å². The van der Waals surface area contributed by atoms with Crippen LogP contribution in [-0.4, -0.2) is 43.4 Å². The van der Waals surface area contributed by atoms with Gasteiger partial charge in [-0.2, -0.15) is 0 Å². The number of amides is 2. The van der Waals surface area contributed by atoms with Crippen LogP contribution < -0.4 is 11.1 Å². The van der Waals surface area contributed by atoms with Crippen LogP contribution in [0.1, 0.15) is 45.4 Å². The molecule has 3 atom stereocenters. The molecule has 0 aromatic heterocycles. The molecule has 116 valence electrons. The predicted molar refractivity (Wildman–Crippen MR) is 80.0 cm³/mol. The smallest absolute Gasteiger partial charge is 0.224 e. The molecule has 0 spiro atoms. The van der Waals surface area contributed by atoms with Crippen molar-refractivity contribution in [2.75, 3.05) is 20.6 Å². The summed E-state index contributed by atoms with van der Waals surface area (Å²) in [4.78, 5) is 25.2. The Balaban J connectivity index is 2.29. The van der Waals surface area contributed by atoms with Crippen molar-refractivity contribution in [3.05, 3.63) is 0 Å². The van der Waals surface area contributed by atoms with Crippen molar-refractivity contribution in [3.8, 4) is 0 Å². The summed E-state index contributed by atoms with van der Waals surface area (Å²) in [6.45, 7) is 2.31. The highest BCUT2D eigenvalue weighted by atomic mass is 16.2. The van der Waals surface area contributed by atoms with Crippen molar-refractivity contribution in [3.63, 3.8) is 0 Å². The minimum atomic E-state index is -0.169. The molecule has 5 nitrogen and oxygen atoms in total. The fraction of sp³-hybridized carbons (Fsp3) is 0.867. The maximum absolute atomic E-state index is 12.1. The number of carbonyl (C=O) groups excluding carboxylic acids is 2. The summed E-state index contributed by atoms with van der Waals surface area (Å²) in [5.74, 6) is 0.521. The molecule has 1 saturated carbocycles. The van der Waals surface area contributed by atoms with Crippen molar-refractivity contribution >= 4 is 11.8 Å². The Kier molecular flexibility index (Phi) is 6.99. The van der Waals surface area contributed by atoms with Crippen LogP contribution in [0.25, 0.3) is 0 Å².